The van der Waals surface area contributed by atoms with Crippen LogP contribution in [0.25, 0.3) is 0 Å². The van der Waals surface area contributed by atoms with Gasteiger partial charge in [0.2, 0.25) is 0 Å². The van der Waals surface area contributed by atoms with Crippen molar-refractivity contribution in [2.75, 3.05) is 10.6 Å². The molecule has 1 aliphatic rings. The predicted octanol–water partition coefficient (Wildman–Crippen LogP) is 1.77. The van der Waals surface area contributed by atoms with E-state index in [1.54, 1.807) is 13.2 Å². The molecule has 1 fully saturated rings. The van der Waals surface area contributed by atoms with Gasteiger partial charge in [-0.3, -0.25) is 10.00 Å². The van der Waals surface area contributed by atoms with E-state index in [0.29, 0.717) is 17.5 Å². The third-order valence-electron chi connectivity index (χ3n) is 3.51. The van der Waals surface area contributed by atoms with E-state index in [2.05, 4.69) is 26.0 Å². The van der Waals surface area contributed by atoms with Crippen molar-refractivity contribution in [1.82, 2.24) is 24.8 Å². The summed E-state index contributed by atoms with van der Waals surface area (Å²) in [7, 11) is 1.71. The minimum Gasteiger partial charge on any atom is -0.305 e. The van der Waals surface area contributed by atoms with E-state index in [4.69, 9.17) is 0 Å². The fourth-order valence-corrected chi connectivity index (χ4v) is 2.45. The van der Waals surface area contributed by atoms with Gasteiger partial charge in [0.1, 0.15) is 0 Å². The molecule has 2 aromatic rings. The molecule has 0 bridgehead atoms. The van der Waals surface area contributed by atoms with Crippen molar-refractivity contribution in [3.8, 4) is 0 Å². The second kappa shape index (κ2) is 5.32. The Morgan fingerprint density at radius 3 is 2.80 bits per heavy atom. The van der Waals surface area contributed by atoms with Gasteiger partial charge in [0.25, 0.3) is 0 Å². The minimum absolute atomic E-state index is 0.332. The van der Waals surface area contributed by atoms with E-state index < -0.39 is 0 Å². The van der Waals surface area contributed by atoms with Gasteiger partial charge in [0, 0.05) is 13.2 Å². The van der Waals surface area contributed by atoms with Crippen LogP contribution < -0.4 is 10.6 Å². The van der Waals surface area contributed by atoms with Gasteiger partial charge in [-0.05, 0) is 12.8 Å². The Kier molecular flexibility index (Phi) is 3.36. The second-order valence-corrected chi connectivity index (χ2v) is 4.97. The number of hydrogen-bond donors (Lipinski definition) is 2. The Balaban J connectivity index is 1.60. The molecular formula is C12H17N7O. The number of carbonyl (C=O) groups excluding carboxylic acids is 1. The molecule has 0 radical (unpaired) electrons. The SMILES string of the molecule is Cn1nncc1NC(=O)Nc1cnn(C2CCCC2)c1. The molecule has 2 N–H and O–H groups in total. The number of nitrogens with one attached hydrogen (secondary N) is 2. The molecule has 0 aromatic carbocycles. The number of carbonyl (C=O) groups is 1. The fourth-order valence-electron chi connectivity index (χ4n) is 2.45. The smallest absolute Gasteiger partial charge is 0.305 e. The number of urea groups is 1. The molecule has 3 rings (SSSR count). The summed E-state index contributed by atoms with van der Waals surface area (Å²) in [6.45, 7) is 0. The molecule has 1 saturated carbocycles. The van der Waals surface area contributed by atoms with Crippen LogP contribution in [-0.2, 0) is 7.05 Å². The minimum atomic E-state index is -0.332. The van der Waals surface area contributed by atoms with Crippen molar-refractivity contribution in [3.63, 3.8) is 0 Å². The monoisotopic (exact) mass is 275 g/mol. The lowest BCUT2D eigenvalue weighted by molar-refractivity contribution is 0.262. The van der Waals surface area contributed by atoms with Crippen LogP contribution in [0, 0.1) is 0 Å². The number of amides is 2. The van der Waals surface area contributed by atoms with Crippen LogP contribution in [0.1, 0.15) is 31.7 Å². The van der Waals surface area contributed by atoms with Crippen LogP contribution in [0.4, 0.5) is 16.3 Å². The Labute approximate surface area is 116 Å². The number of aryl methyl sites for hydroxylation is 1. The Morgan fingerprint density at radius 2 is 2.10 bits per heavy atom. The molecule has 106 valence electrons. The standard InChI is InChI=1S/C12H17N7O/c1-18-11(7-13-17-18)16-12(20)15-9-6-14-19(8-9)10-4-2-3-5-10/h6-8,10H,2-5H2,1H3,(H2,15,16,20). The lowest BCUT2D eigenvalue weighted by Crippen LogP contribution is -2.20. The van der Waals surface area contributed by atoms with Crippen molar-refractivity contribution < 1.29 is 4.79 Å². The van der Waals surface area contributed by atoms with E-state index in [1.165, 1.54) is 23.7 Å². The zero-order chi connectivity index (χ0) is 13.9. The van der Waals surface area contributed by atoms with Crippen molar-refractivity contribution in [1.29, 1.82) is 0 Å². The van der Waals surface area contributed by atoms with Gasteiger partial charge in [-0.25, -0.2) is 9.48 Å². The highest BCUT2D eigenvalue weighted by atomic mass is 16.2. The largest absolute Gasteiger partial charge is 0.324 e. The average Bonchev–Trinajstić information content (AvgIpc) is 3.12. The summed E-state index contributed by atoms with van der Waals surface area (Å²) in [5.74, 6) is 0.533. The van der Waals surface area contributed by atoms with Crippen molar-refractivity contribution in [3.05, 3.63) is 18.6 Å². The normalized spacial score (nSPS) is 15.4. The first-order valence-electron chi connectivity index (χ1n) is 6.69. The summed E-state index contributed by atoms with van der Waals surface area (Å²) in [6, 6.07) is 0.135. The maximum Gasteiger partial charge on any atom is 0.324 e. The van der Waals surface area contributed by atoms with Crippen LogP contribution in [0.2, 0.25) is 0 Å². The van der Waals surface area contributed by atoms with E-state index in [0.717, 1.165) is 12.8 Å². The molecule has 0 unspecified atom stereocenters. The van der Waals surface area contributed by atoms with E-state index in [9.17, 15) is 4.79 Å². The molecule has 8 nitrogen and oxygen atoms in total. The summed E-state index contributed by atoms with van der Waals surface area (Å²) in [4.78, 5) is 11.8. The van der Waals surface area contributed by atoms with Crippen LogP contribution in [0.5, 0.6) is 0 Å². The number of hydrogen-bond acceptors (Lipinski definition) is 4. The van der Waals surface area contributed by atoms with Crippen LogP contribution in [0.3, 0.4) is 0 Å². The summed E-state index contributed by atoms with van der Waals surface area (Å²) < 4.78 is 3.43. The van der Waals surface area contributed by atoms with Gasteiger partial charge in [-0.2, -0.15) is 5.10 Å². The highest BCUT2D eigenvalue weighted by molar-refractivity contribution is 5.98. The lowest BCUT2D eigenvalue weighted by atomic mass is 10.3. The molecule has 0 atom stereocenters. The first kappa shape index (κ1) is 12.6. The third kappa shape index (κ3) is 2.63. The van der Waals surface area contributed by atoms with Crippen LogP contribution in [0.15, 0.2) is 18.6 Å². The molecule has 0 aliphatic heterocycles. The van der Waals surface area contributed by atoms with Crippen molar-refractivity contribution >= 4 is 17.5 Å². The number of anilines is 2. The molecule has 2 amide bonds. The fraction of sp³-hybridized carbons (Fsp3) is 0.500. The van der Waals surface area contributed by atoms with Gasteiger partial charge >= 0.3 is 6.03 Å². The first-order chi connectivity index (χ1) is 9.72. The van der Waals surface area contributed by atoms with E-state index in [1.807, 2.05) is 10.9 Å². The van der Waals surface area contributed by atoms with Gasteiger partial charge in [-0.15, -0.1) is 5.10 Å². The molecule has 0 saturated heterocycles. The summed E-state index contributed by atoms with van der Waals surface area (Å²) in [6.07, 6.45) is 9.85. The lowest BCUT2D eigenvalue weighted by Gasteiger charge is -2.08. The molecule has 0 spiro atoms. The highest BCUT2D eigenvalue weighted by Gasteiger charge is 2.18. The second-order valence-electron chi connectivity index (χ2n) is 4.97. The number of rotatable bonds is 3. The van der Waals surface area contributed by atoms with Crippen LogP contribution >= 0.6 is 0 Å². The third-order valence-corrected chi connectivity index (χ3v) is 3.51. The van der Waals surface area contributed by atoms with Crippen LogP contribution in [-0.4, -0.2) is 30.8 Å². The highest BCUT2D eigenvalue weighted by Crippen LogP contribution is 2.29. The molecule has 2 aromatic heterocycles. The van der Waals surface area contributed by atoms with E-state index >= 15 is 0 Å². The average molecular weight is 275 g/mol. The van der Waals surface area contributed by atoms with Gasteiger partial charge in [0.15, 0.2) is 5.82 Å². The van der Waals surface area contributed by atoms with Crippen molar-refractivity contribution in [2.24, 2.45) is 7.05 Å². The zero-order valence-electron chi connectivity index (χ0n) is 11.3. The van der Waals surface area contributed by atoms with Crippen molar-refractivity contribution in [2.45, 2.75) is 31.7 Å². The predicted molar refractivity (Wildman–Crippen MR) is 73.4 cm³/mol. The molecule has 20 heavy (non-hydrogen) atoms. The van der Waals surface area contributed by atoms with Gasteiger partial charge < -0.3 is 5.32 Å². The van der Waals surface area contributed by atoms with E-state index in [-0.39, 0.29) is 6.03 Å². The molecule has 1 aliphatic carbocycles. The topological polar surface area (TPSA) is 89.7 Å². The number of aromatic nitrogens is 5. The molecule has 8 heteroatoms. The summed E-state index contributed by atoms with van der Waals surface area (Å²) in [5, 5.41) is 17.2. The first-order valence-corrected chi connectivity index (χ1v) is 6.69. The Hall–Kier alpha value is -2.38. The Bertz CT molecular complexity index is 596. The van der Waals surface area contributed by atoms with Gasteiger partial charge in [0.05, 0.1) is 24.1 Å². The molecular weight excluding hydrogens is 258 g/mol. The van der Waals surface area contributed by atoms with Gasteiger partial charge in [-0.1, -0.05) is 18.1 Å². The maximum absolute atomic E-state index is 11.8. The quantitative estimate of drug-likeness (QED) is 0.893. The maximum atomic E-state index is 11.8. The number of nitrogens with zero attached hydrogens (tertiary/aromatic N) is 5. The zero-order valence-corrected chi connectivity index (χ0v) is 11.3. The Morgan fingerprint density at radius 1 is 1.30 bits per heavy atom. The molecule has 2 heterocycles. The summed E-state index contributed by atoms with van der Waals surface area (Å²) >= 11 is 0. The summed E-state index contributed by atoms with van der Waals surface area (Å²) in [5.41, 5.74) is 0.685.